The summed E-state index contributed by atoms with van der Waals surface area (Å²) < 4.78 is 12.9. The van der Waals surface area contributed by atoms with Gasteiger partial charge in [-0.3, -0.25) is 4.79 Å². The first-order chi connectivity index (χ1) is 12.6. The van der Waals surface area contributed by atoms with Gasteiger partial charge in [-0.05, 0) is 43.3 Å². The highest BCUT2D eigenvalue weighted by Gasteiger charge is 2.26. The Balaban J connectivity index is 1.69. The lowest BCUT2D eigenvalue weighted by atomic mass is 10.2. The van der Waals surface area contributed by atoms with E-state index in [0.717, 1.165) is 5.69 Å². The van der Waals surface area contributed by atoms with E-state index < -0.39 is 0 Å². The Morgan fingerprint density at radius 1 is 1.31 bits per heavy atom. The van der Waals surface area contributed by atoms with Crippen LogP contribution < -0.4 is 4.74 Å². The first-order valence-electron chi connectivity index (χ1n) is 8.65. The minimum absolute atomic E-state index is 0.0519. The van der Waals surface area contributed by atoms with Gasteiger partial charge < -0.3 is 14.4 Å². The van der Waals surface area contributed by atoms with Gasteiger partial charge >= 0.3 is 0 Å². The lowest BCUT2D eigenvalue weighted by molar-refractivity contribution is -0.140. The summed E-state index contributed by atoms with van der Waals surface area (Å²) in [5.41, 5.74) is 0.753. The monoisotopic (exact) mass is 377 g/mol. The highest BCUT2D eigenvalue weighted by atomic mass is 32.2. The van der Waals surface area contributed by atoms with Gasteiger partial charge in [0.25, 0.3) is 0 Å². The fraction of sp³-hybridized carbons (Fsp3) is 0.529. The van der Waals surface area contributed by atoms with Crippen LogP contribution in [0.4, 0.5) is 0 Å². The maximum absolute atomic E-state index is 12.5. The average molecular weight is 377 g/mol. The molecule has 8 nitrogen and oxygen atoms in total. The first kappa shape index (κ1) is 18.7. The number of carbonyl (C=O) groups excluding carboxylic acids is 1. The van der Waals surface area contributed by atoms with E-state index in [9.17, 15) is 4.79 Å². The van der Waals surface area contributed by atoms with Gasteiger partial charge in [0, 0.05) is 13.1 Å². The fourth-order valence-corrected chi connectivity index (χ4v) is 3.72. The summed E-state index contributed by atoms with van der Waals surface area (Å²) in [5.74, 6) is 1.03. The van der Waals surface area contributed by atoms with Gasteiger partial charge in [0.2, 0.25) is 11.1 Å². The molecule has 1 saturated heterocycles. The molecule has 0 N–H and O–H groups in total. The molecule has 1 aliphatic rings. The highest BCUT2D eigenvalue weighted by Crippen LogP contribution is 2.26. The number of morpholine rings is 1. The molecule has 2 atom stereocenters. The van der Waals surface area contributed by atoms with Crippen molar-refractivity contribution in [2.75, 3.05) is 25.4 Å². The van der Waals surface area contributed by atoms with E-state index in [-0.39, 0.29) is 23.9 Å². The van der Waals surface area contributed by atoms with Crippen molar-refractivity contribution in [2.45, 2.75) is 38.1 Å². The van der Waals surface area contributed by atoms with Crippen LogP contribution >= 0.6 is 11.8 Å². The molecule has 1 amide bonds. The van der Waals surface area contributed by atoms with Crippen molar-refractivity contribution >= 4 is 17.7 Å². The van der Waals surface area contributed by atoms with E-state index in [4.69, 9.17) is 9.47 Å². The number of tetrazole rings is 1. The van der Waals surface area contributed by atoms with Gasteiger partial charge in [-0.2, -0.15) is 4.68 Å². The molecule has 0 spiro atoms. The van der Waals surface area contributed by atoms with E-state index >= 15 is 0 Å². The Morgan fingerprint density at radius 3 is 2.77 bits per heavy atom. The van der Waals surface area contributed by atoms with Crippen LogP contribution in [0.3, 0.4) is 0 Å². The molecule has 26 heavy (non-hydrogen) atoms. The van der Waals surface area contributed by atoms with Crippen LogP contribution in [-0.4, -0.2) is 68.7 Å². The number of para-hydroxylation sites is 2. The van der Waals surface area contributed by atoms with Gasteiger partial charge in [-0.25, -0.2) is 0 Å². The minimum atomic E-state index is 0.0519. The van der Waals surface area contributed by atoms with Crippen LogP contribution in [-0.2, 0) is 9.53 Å². The molecular formula is C17H23N5O3S. The van der Waals surface area contributed by atoms with Gasteiger partial charge in [-0.1, -0.05) is 23.9 Å². The number of rotatable bonds is 6. The van der Waals surface area contributed by atoms with E-state index in [1.165, 1.54) is 11.8 Å². The number of hydrogen-bond donors (Lipinski definition) is 0. The molecule has 0 bridgehead atoms. The average Bonchev–Trinajstić information content (AvgIpc) is 3.08. The number of thioether (sulfide) groups is 1. The molecule has 3 rings (SSSR count). The van der Waals surface area contributed by atoms with Crippen LogP contribution in [0.25, 0.3) is 5.69 Å². The summed E-state index contributed by atoms with van der Waals surface area (Å²) in [6.45, 7) is 7.66. The zero-order chi connectivity index (χ0) is 18.5. The summed E-state index contributed by atoms with van der Waals surface area (Å²) in [6.07, 6.45) is 0.104. The Bertz CT molecular complexity index is 744. The van der Waals surface area contributed by atoms with Crippen molar-refractivity contribution < 1.29 is 14.3 Å². The topological polar surface area (TPSA) is 82.4 Å². The third-order valence-corrected chi connectivity index (χ3v) is 4.84. The lowest BCUT2D eigenvalue weighted by Crippen LogP contribution is -2.48. The van der Waals surface area contributed by atoms with Crippen molar-refractivity contribution in [3.8, 4) is 11.4 Å². The third-order valence-electron chi connectivity index (χ3n) is 3.93. The first-order valence-corrected chi connectivity index (χ1v) is 9.63. The summed E-state index contributed by atoms with van der Waals surface area (Å²) in [7, 11) is 0. The molecule has 1 fully saturated rings. The molecule has 9 heteroatoms. The highest BCUT2D eigenvalue weighted by molar-refractivity contribution is 7.99. The van der Waals surface area contributed by atoms with Crippen LogP contribution in [0, 0.1) is 0 Å². The van der Waals surface area contributed by atoms with Crippen LogP contribution in [0.2, 0.25) is 0 Å². The number of nitrogens with zero attached hydrogens (tertiary/aromatic N) is 5. The maximum atomic E-state index is 12.5. The zero-order valence-electron chi connectivity index (χ0n) is 15.2. The largest absolute Gasteiger partial charge is 0.492 e. The van der Waals surface area contributed by atoms with Crippen molar-refractivity contribution in [2.24, 2.45) is 0 Å². The summed E-state index contributed by atoms with van der Waals surface area (Å²) in [5, 5.41) is 12.4. The number of hydrogen-bond acceptors (Lipinski definition) is 7. The number of aromatic nitrogens is 4. The van der Waals surface area contributed by atoms with Gasteiger partial charge in [0.05, 0.1) is 24.6 Å². The van der Waals surface area contributed by atoms with E-state index in [1.807, 2.05) is 49.9 Å². The molecule has 1 aromatic carbocycles. The second-order valence-corrected chi connectivity index (χ2v) is 7.06. The van der Waals surface area contributed by atoms with Crippen LogP contribution in [0.1, 0.15) is 20.8 Å². The standard InChI is InChI=1S/C17H23N5O3S/c1-4-24-15-8-6-5-7-14(15)22-17(18-19-20-22)26-11-16(23)21-9-12(2)25-13(3)10-21/h5-8,12-13H,4,9-11H2,1-3H3/t12-,13-/m1/s1. The Labute approximate surface area is 156 Å². The summed E-state index contributed by atoms with van der Waals surface area (Å²) in [6, 6.07) is 7.56. The SMILES string of the molecule is CCOc1ccccc1-n1nnnc1SCC(=O)N1C[C@@H](C)O[C@H](C)C1. The maximum Gasteiger partial charge on any atom is 0.233 e. The Hall–Kier alpha value is -2.13. The molecule has 0 radical (unpaired) electrons. The van der Waals surface area contributed by atoms with Crippen LogP contribution in [0.5, 0.6) is 5.75 Å². The zero-order valence-corrected chi connectivity index (χ0v) is 16.0. The third kappa shape index (κ3) is 4.34. The second-order valence-electron chi connectivity index (χ2n) is 6.12. The predicted molar refractivity (Wildman–Crippen MR) is 97.6 cm³/mol. The molecule has 0 saturated carbocycles. The predicted octanol–water partition coefficient (Wildman–Crippen LogP) is 1.79. The molecule has 1 aromatic heterocycles. The van der Waals surface area contributed by atoms with E-state index in [2.05, 4.69) is 15.5 Å². The number of carbonyl (C=O) groups is 1. The fourth-order valence-electron chi connectivity index (χ4n) is 2.93. The lowest BCUT2D eigenvalue weighted by Gasteiger charge is -2.35. The summed E-state index contributed by atoms with van der Waals surface area (Å²) >= 11 is 1.32. The molecule has 1 aliphatic heterocycles. The number of benzene rings is 1. The Morgan fingerprint density at radius 2 is 2.04 bits per heavy atom. The van der Waals surface area contributed by atoms with Crippen molar-refractivity contribution in [3.63, 3.8) is 0 Å². The van der Waals surface area contributed by atoms with Gasteiger partial charge in [0.15, 0.2) is 0 Å². The van der Waals surface area contributed by atoms with Crippen molar-refractivity contribution in [1.29, 1.82) is 0 Å². The smallest absolute Gasteiger partial charge is 0.233 e. The molecule has 2 aromatic rings. The summed E-state index contributed by atoms with van der Waals surface area (Å²) in [4.78, 5) is 14.4. The number of amides is 1. The number of ether oxygens (including phenoxy) is 2. The quantitative estimate of drug-likeness (QED) is 0.710. The van der Waals surface area contributed by atoms with Crippen LogP contribution in [0.15, 0.2) is 29.4 Å². The van der Waals surface area contributed by atoms with Crippen molar-refractivity contribution in [3.05, 3.63) is 24.3 Å². The van der Waals surface area contributed by atoms with Gasteiger partial charge in [0.1, 0.15) is 11.4 Å². The second kappa shape index (κ2) is 8.50. The molecule has 140 valence electrons. The van der Waals surface area contributed by atoms with Gasteiger partial charge in [-0.15, -0.1) is 5.10 Å². The Kier molecular flexibility index (Phi) is 6.10. The molecule has 0 unspecified atom stereocenters. The van der Waals surface area contributed by atoms with E-state index in [0.29, 0.717) is 30.6 Å². The molecule has 2 heterocycles. The van der Waals surface area contributed by atoms with Crippen molar-refractivity contribution in [1.82, 2.24) is 25.1 Å². The molecule has 0 aliphatic carbocycles. The van der Waals surface area contributed by atoms with E-state index in [1.54, 1.807) is 4.68 Å². The minimum Gasteiger partial charge on any atom is -0.492 e. The molecular weight excluding hydrogens is 354 g/mol. The normalized spacial score (nSPS) is 20.2.